The first-order valence-electron chi connectivity index (χ1n) is 4.69. The number of hydrogen-bond donors (Lipinski definition) is 1. The fraction of sp³-hybridized carbons (Fsp3) is 0. The molecule has 0 saturated heterocycles. The quantitative estimate of drug-likeness (QED) is 0.537. The van der Waals surface area contributed by atoms with E-state index in [0.717, 1.165) is 0 Å². The van der Waals surface area contributed by atoms with E-state index in [1.165, 1.54) is 12.1 Å². The predicted molar refractivity (Wildman–Crippen MR) is 55.4 cm³/mol. The van der Waals surface area contributed by atoms with Crippen LogP contribution in [0.1, 0.15) is 20.7 Å². The van der Waals surface area contributed by atoms with Crippen LogP contribution in [-0.2, 0) is 4.74 Å². The molecular formula is C12H6O4. The van der Waals surface area contributed by atoms with Crippen LogP contribution in [0.4, 0.5) is 0 Å². The van der Waals surface area contributed by atoms with Crippen molar-refractivity contribution < 1.29 is 19.4 Å². The van der Waals surface area contributed by atoms with Gasteiger partial charge in [-0.2, -0.15) is 0 Å². The molecular weight excluding hydrogens is 208 g/mol. The Morgan fingerprint density at radius 3 is 2.38 bits per heavy atom. The summed E-state index contributed by atoms with van der Waals surface area (Å²) < 4.78 is 4.58. The molecule has 0 radical (unpaired) electrons. The number of aromatic hydroxyl groups is 1. The molecule has 0 aliphatic carbocycles. The summed E-state index contributed by atoms with van der Waals surface area (Å²) >= 11 is 0. The summed E-state index contributed by atoms with van der Waals surface area (Å²) in [6.45, 7) is 0. The normalized spacial score (nSPS) is 14.0. The molecule has 2 aromatic carbocycles. The van der Waals surface area contributed by atoms with Crippen LogP contribution in [0.5, 0.6) is 5.75 Å². The van der Waals surface area contributed by atoms with Crippen LogP contribution in [0.15, 0.2) is 30.3 Å². The number of cyclic esters (lactones) is 2. The van der Waals surface area contributed by atoms with Crippen LogP contribution in [0.2, 0.25) is 0 Å². The van der Waals surface area contributed by atoms with Gasteiger partial charge in [-0.3, -0.25) is 0 Å². The lowest BCUT2D eigenvalue weighted by atomic mass is 9.97. The van der Waals surface area contributed by atoms with Gasteiger partial charge in [0, 0.05) is 10.8 Å². The number of phenolic OH excluding ortho intramolecular Hbond substituents is 1. The first-order chi connectivity index (χ1) is 7.68. The van der Waals surface area contributed by atoms with Crippen molar-refractivity contribution in [3.05, 3.63) is 41.5 Å². The molecule has 3 rings (SSSR count). The highest BCUT2D eigenvalue weighted by Crippen LogP contribution is 2.33. The van der Waals surface area contributed by atoms with Crippen molar-refractivity contribution in [2.24, 2.45) is 0 Å². The minimum atomic E-state index is -0.672. The second-order valence-electron chi connectivity index (χ2n) is 3.54. The van der Waals surface area contributed by atoms with E-state index in [0.29, 0.717) is 21.9 Å². The Kier molecular flexibility index (Phi) is 1.57. The molecule has 0 unspecified atom stereocenters. The Morgan fingerprint density at radius 1 is 0.938 bits per heavy atom. The van der Waals surface area contributed by atoms with Crippen LogP contribution >= 0.6 is 0 Å². The smallest absolute Gasteiger partial charge is 0.346 e. The second-order valence-corrected chi connectivity index (χ2v) is 3.54. The molecule has 0 amide bonds. The molecule has 78 valence electrons. The zero-order valence-electron chi connectivity index (χ0n) is 8.06. The molecule has 0 aromatic heterocycles. The zero-order chi connectivity index (χ0) is 11.3. The van der Waals surface area contributed by atoms with Gasteiger partial charge in [-0.1, -0.05) is 12.1 Å². The molecule has 0 bridgehead atoms. The van der Waals surface area contributed by atoms with Crippen molar-refractivity contribution in [3.8, 4) is 5.75 Å². The number of esters is 2. The van der Waals surface area contributed by atoms with Gasteiger partial charge in [-0.25, -0.2) is 9.59 Å². The van der Waals surface area contributed by atoms with Crippen molar-refractivity contribution >= 4 is 22.7 Å². The maximum Gasteiger partial charge on any atom is 0.346 e. The van der Waals surface area contributed by atoms with Gasteiger partial charge in [-0.05, 0) is 18.2 Å². The Labute approximate surface area is 90.1 Å². The van der Waals surface area contributed by atoms with Crippen molar-refractivity contribution in [2.75, 3.05) is 0 Å². The lowest BCUT2D eigenvalue weighted by Gasteiger charge is -2.15. The topological polar surface area (TPSA) is 63.6 Å². The van der Waals surface area contributed by atoms with E-state index in [4.69, 9.17) is 0 Å². The Hall–Kier alpha value is -2.36. The predicted octanol–water partition coefficient (Wildman–Crippen LogP) is 1.86. The SMILES string of the molecule is O=C1OC(=O)c2ccc(O)c3cccc1c23. The summed E-state index contributed by atoms with van der Waals surface area (Å²) in [4.78, 5) is 22.9. The molecule has 4 nitrogen and oxygen atoms in total. The van der Waals surface area contributed by atoms with Crippen LogP contribution in [0, 0.1) is 0 Å². The van der Waals surface area contributed by atoms with Gasteiger partial charge in [0.25, 0.3) is 0 Å². The number of phenols is 1. The van der Waals surface area contributed by atoms with E-state index in [9.17, 15) is 14.7 Å². The third kappa shape index (κ3) is 0.982. The molecule has 1 aliphatic rings. The molecule has 16 heavy (non-hydrogen) atoms. The highest BCUT2D eigenvalue weighted by Gasteiger charge is 2.27. The summed E-state index contributed by atoms with van der Waals surface area (Å²) in [5, 5.41) is 10.6. The average molecular weight is 214 g/mol. The molecule has 1 N–H and O–H groups in total. The van der Waals surface area contributed by atoms with E-state index in [1.54, 1.807) is 18.2 Å². The number of rotatable bonds is 0. The zero-order valence-corrected chi connectivity index (χ0v) is 8.06. The Balaban J connectivity index is 2.57. The molecule has 1 heterocycles. The average Bonchev–Trinajstić information content (AvgIpc) is 2.27. The summed E-state index contributed by atoms with van der Waals surface area (Å²) in [6.07, 6.45) is 0. The second kappa shape index (κ2) is 2.82. The lowest BCUT2D eigenvalue weighted by Crippen LogP contribution is -2.19. The van der Waals surface area contributed by atoms with Crippen molar-refractivity contribution in [1.82, 2.24) is 0 Å². The molecule has 0 fully saturated rings. The number of benzene rings is 2. The maximum absolute atomic E-state index is 11.5. The summed E-state index contributed by atoms with van der Waals surface area (Å²) in [7, 11) is 0. The number of carbonyl (C=O) groups excluding carboxylic acids is 2. The molecule has 1 aliphatic heterocycles. The molecule has 0 atom stereocenters. The van der Waals surface area contributed by atoms with Crippen molar-refractivity contribution in [2.45, 2.75) is 0 Å². The van der Waals surface area contributed by atoms with Gasteiger partial charge < -0.3 is 9.84 Å². The number of hydrogen-bond acceptors (Lipinski definition) is 4. The monoisotopic (exact) mass is 214 g/mol. The van der Waals surface area contributed by atoms with Crippen molar-refractivity contribution in [3.63, 3.8) is 0 Å². The van der Waals surface area contributed by atoms with Crippen LogP contribution < -0.4 is 0 Å². The van der Waals surface area contributed by atoms with Gasteiger partial charge in [0.2, 0.25) is 0 Å². The molecule has 0 saturated carbocycles. The molecule has 4 heteroatoms. The summed E-state index contributed by atoms with van der Waals surface area (Å²) in [5.74, 6) is -1.30. The first kappa shape index (κ1) is 8.91. The van der Waals surface area contributed by atoms with Crippen molar-refractivity contribution in [1.29, 1.82) is 0 Å². The van der Waals surface area contributed by atoms with E-state index in [1.807, 2.05) is 0 Å². The van der Waals surface area contributed by atoms with Gasteiger partial charge in [0.1, 0.15) is 5.75 Å². The van der Waals surface area contributed by atoms with Crippen LogP contribution in [0.3, 0.4) is 0 Å². The van der Waals surface area contributed by atoms with E-state index < -0.39 is 11.9 Å². The summed E-state index contributed by atoms with van der Waals surface area (Å²) in [5.41, 5.74) is 0.617. The van der Waals surface area contributed by atoms with Gasteiger partial charge in [0.15, 0.2) is 0 Å². The summed E-state index contributed by atoms with van der Waals surface area (Å²) in [6, 6.07) is 7.73. The van der Waals surface area contributed by atoms with E-state index in [-0.39, 0.29) is 5.75 Å². The first-order valence-corrected chi connectivity index (χ1v) is 4.69. The molecule has 0 spiro atoms. The maximum atomic E-state index is 11.5. The van der Waals surface area contributed by atoms with E-state index in [2.05, 4.69) is 4.74 Å². The highest BCUT2D eigenvalue weighted by molar-refractivity contribution is 6.21. The van der Waals surface area contributed by atoms with Gasteiger partial charge >= 0.3 is 11.9 Å². The Bertz CT molecular complexity index is 623. The minimum Gasteiger partial charge on any atom is -0.507 e. The fourth-order valence-electron chi connectivity index (χ4n) is 1.93. The van der Waals surface area contributed by atoms with Gasteiger partial charge in [-0.15, -0.1) is 0 Å². The minimum absolute atomic E-state index is 0.0445. The Morgan fingerprint density at radius 2 is 1.62 bits per heavy atom. The van der Waals surface area contributed by atoms with Crippen LogP contribution in [0.25, 0.3) is 10.8 Å². The third-order valence-electron chi connectivity index (χ3n) is 2.64. The lowest BCUT2D eigenvalue weighted by molar-refractivity contribution is 0.0391. The number of ether oxygens (including phenoxy) is 1. The third-order valence-corrected chi connectivity index (χ3v) is 2.64. The van der Waals surface area contributed by atoms with Gasteiger partial charge in [0.05, 0.1) is 11.1 Å². The highest BCUT2D eigenvalue weighted by atomic mass is 16.6. The molecule has 2 aromatic rings. The van der Waals surface area contributed by atoms with Crippen LogP contribution in [-0.4, -0.2) is 17.0 Å². The fourth-order valence-corrected chi connectivity index (χ4v) is 1.93. The number of carbonyl (C=O) groups is 2. The standard InChI is InChI=1S/C12H6O4/c13-9-5-4-8-10-6(9)2-1-3-7(10)11(14)16-12(8)15/h1-5,13H. The van der Waals surface area contributed by atoms with E-state index >= 15 is 0 Å². The largest absolute Gasteiger partial charge is 0.507 e.